The van der Waals surface area contributed by atoms with Gasteiger partial charge < -0.3 is 4.74 Å². The highest BCUT2D eigenvalue weighted by Crippen LogP contribution is 2.25. The lowest BCUT2D eigenvalue weighted by Crippen LogP contribution is -2.05. The second kappa shape index (κ2) is 6.49. The third kappa shape index (κ3) is 3.66. The van der Waals surface area contributed by atoms with Gasteiger partial charge >= 0.3 is 0 Å². The fraction of sp³-hybridized carbons (Fsp3) is 0.133. The number of methoxy groups -OCH3 is 1. The average molecular weight is 330 g/mol. The Bertz CT molecular complexity index is 633. The van der Waals surface area contributed by atoms with Crippen LogP contribution in [0.5, 0.6) is 5.75 Å². The van der Waals surface area contributed by atoms with Gasteiger partial charge in [-0.1, -0.05) is 34.8 Å². The number of halogens is 3. The molecule has 20 heavy (non-hydrogen) atoms. The summed E-state index contributed by atoms with van der Waals surface area (Å²) in [5.41, 5.74) is 1.19. The van der Waals surface area contributed by atoms with E-state index in [1.165, 1.54) is 0 Å². The van der Waals surface area contributed by atoms with Crippen molar-refractivity contribution in [1.29, 1.82) is 0 Å². The van der Waals surface area contributed by atoms with Crippen LogP contribution in [0.4, 0.5) is 0 Å². The van der Waals surface area contributed by atoms with Crippen LogP contribution in [0.15, 0.2) is 36.4 Å². The first kappa shape index (κ1) is 15.2. The van der Waals surface area contributed by atoms with Crippen molar-refractivity contribution in [2.24, 2.45) is 0 Å². The van der Waals surface area contributed by atoms with Crippen molar-refractivity contribution in [2.75, 3.05) is 7.11 Å². The van der Waals surface area contributed by atoms with Crippen LogP contribution in [-0.2, 0) is 6.42 Å². The van der Waals surface area contributed by atoms with Crippen molar-refractivity contribution >= 4 is 40.6 Å². The number of carbonyl (C=O) groups is 1. The van der Waals surface area contributed by atoms with Gasteiger partial charge in [-0.25, -0.2) is 0 Å². The molecule has 5 heteroatoms. The zero-order chi connectivity index (χ0) is 14.7. The molecule has 0 N–H and O–H groups in total. The molecule has 0 fully saturated rings. The smallest absolute Gasteiger partial charge is 0.167 e. The van der Waals surface area contributed by atoms with E-state index < -0.39 is 0 Å². The predicted octanol–water partition coefficient (Wildman–Crippen LogP) is 5.08. The second-order valence-electron chi connectivity index (χ2n) is 4.21. The molecule has 104 valence electrons. The van der Waals surface area contributed by atoms with Gasteiger partial charge in [0, 0.05) is 32.6 Å². The van der Waals surface area contributed by atoms with E-state index in [0.717, 1.165) is 5.56 Å². The summed E-state index contributed by atoms with van der Waals surface area (Å²) in [5, 5.41) is 1.41. The summed E-state index contributed by atoms with van der Waals surface area (Å²) in [6.07, 6.45) is 0.167. The molecule has 0 atom stereocenters. The zero-order valence-electron chi connectivity index (χ0n) is 10.6. The normalized spacial score (nSPS) is 10.4. The lowest BCUT2D eigenvalue weighted by atomic mass is 10.0. The first-order chi connectivity index (χ1) is 9.49. The molecule has 0 bridgehead atoms. The van der Waals surface area contributed by atoms with Crippen LogP contribution in [0, 0.1) is 0 Å². The van der Waals surface area contributed by atoms with Gasteiger partial charge in [0.25, 0.3) is 0 Å². The van der Waals surface area contributed by atoms with Gasteiger partial charge in [0.15, 0.2) is 5.78 Å². The lowest BCUT2D eigenvalue weighted by Gasteiger charge is -2.09. The monoisotopic (exact) mass is 328 g/mol. The highest BCUT2D eigenvalue weighted by Gasteiger charge is 2.13. The molecule has 0 amide bonds. The van der Waals surface area contributed by atoms with Gasteiger partial charge in [0.1, 0.15) is 5.75 Å². The van der Waals surface area contributed by atoms with Crippen LogP contribution in [-0.4, -0.2) is 12.9 Å². The minimum Gasteiger partial charge on any atom is -0.496 e. The first-order valence-corrected chi connectivity index (χ1v) is 6.94. The number of hydrogen-bond donors (Lipinski definition) is 0. The molecular weight excluding hydrogens is 319 g/mol. The van der Waals surface area contributed by atoms with Crippen LogP contribution < -0.4 is 4.74 Å². The van der Waals surface area contributed by atoms with E-state index in [0.29, 0.717) is 26.4 Å². The van der Waals surface area contributed by atoms with Crippen LogP contribution in [0.1, 0.15) is 15.9 Å². The number of ketones is 1. The summed E-state index contributed by atoms with van der Waals surface area (Å²) < 4.78 is 5.22. The standard InChI is InChI=1S/C15H11Cl3O2/c1-20-15-3-2-11(16)6-10(15)7-14(19)9-4-12(17)8-13(18)5-9/h2-6,8H,7H2,1H3. The molecule has 2 aromatic rings. The first-order valence-electron chi connectivity index (χ1n) is 5.81. The Kier molecular flexibility index (Phi) is 4.92. The lowest BCUT2D eigenvalue weighted by molar-refractivity contribution is 0.0992. The van der Waals surface area contributed by atoms with Gasteiger partial charge in [-0.15, -0.1) is 0 Å². The summed E-state index contributed by atoms with van der Waals surface area (Å²) in [6.45, 7) is 0. The number of benzene rings is 2. The molecule has 0 aliphatic carbocycles. The highest BCUT2D eigenvalue weighted by atomic mass is 35.5. The molecule has 0 heterocycles. The minimum atomic E-state index is -0.102. The predicted molar refractivity (Wildman–Crippen MR) is 82.5 cm³/mol. The molecule has 0 aromatic heterocycles. The van der Waals surface area contributed by atoms with Crippen molar-refractivity contribution in [3.05, 3.63) is 62.6 Å². The van der Waals surface area contributed by atoms with E-state index in [4.69, 9.17) is 39.5 Å². The van der Waals surface area contributed by atoms with Crippen molar-refractivity contribution in [3.8, 4) is 5.75 Å². The third-order valence-electron chi connectivity index (χ3n) is 2.78. The van der Waals surface area contributed by atoms with Crippen molar-refractivity contribution in [3.63, 3.8) is 0 Å². The summed E-state index contributed by atoms with van der Waals surface area (Å²) in [4.78, 5) is 12.3. The van der Waals surface area contributed by atoms with Crippen LogP contribution in [0.2, 0.25) is 15.1 Å². The topological polar surface area (TPSA) is 26.3 Å². The van der Waals surface area contributed by atoms with Gasteiger partial charge in [-0.3, -0.25) is 4.79 Å². The number of carbonyl (C=O) groups excluding carboxylic acids is 1. The van der Waals surface area contributed by atoms with E-state index >= 15 is 0 Å². The highest BCUT2D eigenvalue weighted by molar-refractivity contribution is 6.35. The Morgan fingerprint density at radius 2 is 1.65 bits per heavy atom. The largest absolute Gasteiger partial charge is 0.496 e. The SMILES string of the molecule is COc1ccc(Cl)cc1CC(=O)c1cc(Cl)cc(Cl)c1. The Morgan fingerprint density at radius 1 is 1.00 bits per heavy atom. The zero-order valence-corrected chi connectivity index (χ0v) is 12.9. The number of rotatable bonds is 4. The Hall–Kier alpha value is -1.22. The van der Waals surface area contributed by atoms with Crippen LogP contribution >= 0.6 is 34.8 Å². The summed E-state index contributed by atoms with van der Waals surface area (Å²) in [7, 11) is 1.55. The van der Waals surface area contributed by atoms with Gasteiger partial charge in [-0.2, -0.15) is 0 Å². The molecule has 0 radical (unpaired) electrons. The van der Waals surface area contributed by atoms with E-state index in [1.807, 2.05) is 0 Å². The molecule has 0 spiro atoms. The molecular formula is C15H11Cl3O2. The van der Waals surface area contributed by atoms with Gasteiger partial charge in [0.05, 0.1) is 7.11 Å². The van der Waals surface area contributed by atoms with Crippen molar-refractivity contribution in [1.82, 2.24) is 0 Å². The molecule has 0 aliphatic rings. The van der Waals surface area contributed by atoms with E-state index in [9.17, 15) is 4.79 Å². The maximum absolute atomic E-state index is 12.3. The maximum atomic E-state index is 12.3. The minimum absolute atomic E-state index is 0.102. The fourth-order valence-corrected chi connectivity index (χ4v) is 2.60. The summed E-state index contributed by atoms with van der Waals surface area (Å²) >= 11 is 17.7. The fourth-order valence-electron chi connectivity index (χ4n) is 1.88. The summed E-state index contributed by atoms with van der Waals surface area (Å²) in [6, 6.07) is 9.92. The van der Waals surface area contributed by atoms with Gasteiger partial charge in [0.2, 0.25) is 0 Å². The number of Topliss-reactive ketones (excluding diaryl/α,β-unsaturated/α-hetero) is 1. The molecule has 0 saturated carbocycles. The Balaban J connectivity index is 2.29. The molecule has 0 unspecified atom stereocenters. The summed E-state index contributed by atoms with van der Waals surface area (Å²) in [5.74, 6) is 0.519. The van der Waals surface area contributed by atoms with E-state index in [-0.39, 0.29) is 12.2 Å². The van der Waals surface area contributed by atoms with E-state index in [2.05, 4.69) is 0 Å². The average Bonchev–Trinajstić information content (AvgIpc) is 2.37. The molecule has 2 rings (SSSR count). The van der Waals surface area contributed by atoms with Crippen molar-refractivity contribution in [2.45, 2.75) is 6.42 Å². The quantitative estimate of drug-likeness (QED) is 0.731. The van der Waals surface area contributed by atoms with E-state index in [1.54, 1.807) is 43.5 Å². The number of ether oxygens (including phenoxy) is 1. The molecule has 2 aromatic carbocycles. The molecule has 0 saturated heterocycles. The second-order valence-corrected chi connectivity index (χ2v) is 5.52. The third-order valence-corrected chi connectivity index (χ3v) is 3.45. The van der Waals surface area contributed by atoms with Crippen molar-refractivity contribution < 1.29 is 9.53 Å². The Labute approximate surface area is 132 Å². The molecule has 0 aliphatic heterocycles. The maximum Gasteiger partial charge on any atom is 0.167 e. The molecule has 2 nitrogen and oxygen atoms in total. The van der Waals surface area contributed by atoms with Gasteiger partial charge in [-0.05, 0) is 36.4 Å². The van der Waals surface area contributed by atoms with Crippen LogP contribution in [0.3, 0.4) is 0 Å². The van der Waals surface area contributed by atoms with Crippen LogP contribution in [0.25, 0.3) is 0 Å². The Morgan fingerprint density at radius 3 is 2.25 bits per heavy atom. The number of hydrogen-bond acceptors (Lipinski definition) is 2.